The molecule has 2 aliphatic rings. The van der Waals surface area contributed by atoms with Crippen molar-refractivity contribution in [1.29, 1.82) is 0 Å². The van der Waals surface area contributed by atoms with Crippen LogP contribution >= 0.6 is 11.3 Å². The Morgan fingerprint density at radius 2 is 1.86 bits per heavy atom. The van der Waals surface area contributed by atoms with Crippen LogP contribution in [0, 0.1) is 13.8 Å². The molecule has 0 unspecified atom stereocenters. The summed E-state index contributed by atoms with van der Waals surface area (Å²) in [5.41, 5.74) is 3.81. The Labute approximate surface area is 169 Å². The molecule has 3 heterocycles. The van der Waals surface area contributed by atoms with Crippen LogP contribution in [0.15, 0.2) is 18.2 Å². The molecule has 0 radical (unpaired) electrons. The molecule has 2 aromatic heterocycles. The van der Waals surface area contributed by atoms with Gasteiger partial charge >= 0.3 is 0 Å². The molecular formula is C22H26N3O2S+. The smallest absolute Gasteiger partial charge is 0.231 e. The van der Waals surface area contributed by atoms with E-state index in [1.165, 1.54) is 32.9 Å². The number of hydrogen-bond donors (Lipinski definition) is 1. The lowest BCUT2D eigenvalue weighted by Crippen LogP contribution is -3.12. The van der Waals surface area contributed by atoms with Crippen molar-refractivity contribution in [2.45, 2.75) is 39.7 Å². The molecule has 1 N–H and O–H groups in total. The van der Waals surface area contributed by atoms with E-state index in [1.807, 2.05) is 11.3 Å². The van der Waals surface area contributed by atoms with Crippen LogP contribution in [0.3, 0.4) is 0 Å². The lowest BCUT2D eigenvalue weighted by atomic mass is 10.1. The van der Waals surface area contributed by atoms with Crippen molar-refractivity contribution in [2.24, 2.45) is 0 Å². The second-order valence-corrected chi connectivity index (χ2v) is 9.03. The Kier molecular flexibility index (Phi) is 4.78. The number of aromatic nitrogens is 2. The van der Waals surface area contributed by atoms with Gasteiger partial charge in [-0.05, 0) is 61.9 Å². The van der Waals surface area contributed by atoms with Crippen LogP contribution < -0.4 is 9.64 Å². The zero-order valence-corrected chi connectivity index (χ0v) is 17.3. The minimum absolute atomic E-state index is 0.733. The topological polar surface area (TPSA) is 48.7 Å². The first-order valence-corrected chi connectivity index (χ1v) is 11.0. The molecular weight excluding hydrogens is 370 g/mol. The third-order valence-electron chi connectivity index (χ3n) is 5.60. The SMILES string of the molecule is Cc1cc(C)cc(Oc2nc(C[NH+]3CCOCC3)nc3sc4c(c23)CCC4)c1. The number of hydrogen-bond acceptors (Lipinski definition) is 5. The Hall–Kier alpha value is -2.02. The van der Waals surface area contributed by atoms with Crippen molar-refractivity contribution in [2.75, 3.05) is 26.3 Å². The normalized spacial score (nSPS) is 17.2. The number of rotatable bonds is 4. The summed E-state index contributed by atoms with van der Waals surface area (Å²) < 4.78 is 11.9. The first kappa shape index (κ1) is 18.0. The number of nitrogens with zero attached hydrogens (tertiary/aromatic N) is 2. The lowest BCUT2D eigenvalue weighted by molar-refractivity contribution is -0.922. The number of thiophene rings is 1. The molecule has 5 rings (SSSR count). The highest BCUT2D eigenvalue weighted by Gasteiger charge is 2.25. The highest BCUT2D eigenvalue weighted by Crippen LogP contribution is 2.41. The average Bonchev–Trinajstić information content (AvgIpc) is 3.22. The molecule has 1 saturated heterocycles. The quantitative estimate of drug-likeness (QED) is 0.737. The number of nitrogens with one attached hydrogen (secondary N) is 1. The van der Waals surface area contributed by atoms with Gasteiger partial charge in [-0.25, -0.2) is 4.98 Å². The van der Waals surface area contributed by atoms with Crippen molar-refractivity contribution >= 4 is 21.6 Å². The van der Waals surface area contributed by atoms with Gasteiger partial charge in [-0.3, -0.25) is 0 Å². The first-order chi connectivity index (χ1) is 13.7. The Morgan fingerprint density at radius 3 is 2.64 bits per heavy atom. The summed E-state index contributed by atoms with van der Waals surface area (Å²) in [6, 6.07) is 6.33. The number of quaternary nitrogens is 1. The van der Waals surface area contributed by atoms with E-state index in [4.69, 9.17) is 19.4 Å². The van der Waals surface area contributed by atoms with Gasteiger partial charge < -0.3 is 14.4 Å². The zero-order valence-electron chi connectivity index (χ0n) is 16.5. The largest absolute Gasteiger partial charge is 0.438 e. The molecule has 0 spiro atoms. The van der Waals surface area contributed by atoms with E-state index in [9.17, 15) is 0 Å². The maximum Gasteiger partial charge on any atom is 0.231 e. The van der Waals surface area contributed by atoms with Crippen LogP contribution in [0.25, 0.3) is 10.2 Å². The van der Waals surface area contributed by atoms with Gasteiger partial charge in [-0.2, -0.15) is 4.98 Å². The zero-order chi connectivity index (χ0) is 19.1. The molecule has 3 aromatic rings. The summed E-state index contributed by atoms with van der Waals surface area (Å²) in [5.74, 6) is 2.47. The van der Waals surface area contributed by atoms with E-state index < -0.39 is 0 Å². The highest BCUT2D eigenvalue weighted by atomic mass is 32.1. The number of benzene rings is 1. The minimum atomic E-state index is 0.733. The third-order valence-corrected chi connectivity index (χ3v) is 6.78. The molecule has 0 bridgehead atoms. The van der Waals surface area contributed by atoms with Gasteiger partial charge in [0.2, 0.25) is 5.88 Å². The first-order valence-electron chi connectivity index (χ1n) is 10.1. The standard InChI is InChI=1S/C22H25N3O2S/c1-14-10-15(2)12-16(11-14)27-21-20-17-4-3-5-18(17)28-22(20)24-19(23-21)13-25-6-8-26-9-7-25/h10-12H,3-9,13H2,1-2H3/p+1. The van der Waals surface area contributed by atoms with Crippen LogP contribution in [0.4, 0.5) is 0 Å². The summed E-state index contributed by atoms with van der Waals surface area (Å²) in [5, 5.41) is 1.14. The van der Waals surface area contributed by atoms with Crippen molar-refractivity contribution in [1.82, 2.24) is 9.97 Å². The van der Waals surface area contributed by atoms with Crippen molar-refractivity contribution in [3.63, 3.8) is 0 Å². The molecule has 1 aliphatic carbocycles. The van der Waals surface area contributed by atoms with Crippen LogP contribution in [0.2, 0.25) is 0 Å². The molecule has 6 heteroatoms. The highest BCUT2D eigenvalue weighted by molar-refractivity contribution is 7.19. The van der Waals surface area contributed by atoms with Gasteiger partial charge in [-0.15, -0.1) is 11.3 Å². The average molecular weight is 397 g/mol. The van der Waals surface area contributed by atoms with Crippen molar-refractivity contribution in [3.8, 4) is 11.6 Å². The summed E-state index contributed by atoms with van der Waals surface area (Å²) in [6.07, 6.45) is 3.49. The van der Waals surface area contributed by atoms with Gasteiger partial charge in [0, 0.05) is 4.88 Å². The van der Waals surface area contributed by atoms with Gasteiger partial charge in [0.15, 0.2) is 5.82 Å². The number of ether oxygens (including phenoxy) is 2. The van der Waals surface area contributed by atoms with Crippen molar-refractivity contribution < 1.29 is 14.4 Å². The predicted molar refractivity (Wildman–Crippen MR) is 111 cm³/mol. The molecule has 1 aliphatic heterocycles. The molecule has 28 heavy (non-hydrogen) atoms. The van der Waals surface area contributed by atoms with Gasteiger partial charge in [0.25, 0.3) is 0 Å². The number of aryl methyl sites for hydroxylation is 4. The fourth-order valence-corrected chi connectivity index (χ4v) is 5.59. The number of fused-ring (bicyclic) bond motifs is 3. The second-order valence-electron chi connectivity index (χ2n) is 7.95. The van der Waals surface area contributed by atoms with Gasteiger partial charge in [0.1, 0.15) is 30.2 Å². The van der Waals surface area contributed by atoms with E-state index in [0.717, 1.165) is 73.4 Å². The molecule has 0 amide bonds. The van der Waals surface area contributed by atoms with E-state index >= 15 is 0 Å². The van der Waals surface area contributed by atoms with E-state index in [0.29, 0.717) is 0 Å². The molecule has 1 fully saturated rings. The third kappa shape index (κ3) is 3.52. The predicted octanol–water partition coefficient (Wildman–Crippen LogP) is 3.00. The van der Waals surface area contributed by atoms with Gasteiger partial charge in [0.05, 0.1) is 18.6 Å². The molecule has 0 atom stereocenters. The molecule has 1 aromatic carbocycles. The Morgan fingerprint density at radius 1 is 1.07 bits per heavy atom. The van der Waals surface area contributed by atoms with Gasteiger partial charge in [-0.1, -0.05) is 6.07 Å². The van der Waals surface area contributed by atoms with Crippen molar-refractivity contribution in [3.05, 3.63) is 45.6 Å². The summed E-state index contributed by atoms with van der Waals surface area (Å²) in [4.78, 5) is 13.9. The van der Waals surface area contributed by atoms with Crippen LogP contribution in [0.1, 0.15) is 33.8 Å². The summed E-state index contributed by atoms with van der Waals surface area (Å²) >= 11 is 1.83. The Balaban J connectivity index is 1.56. The molecule has 0 saturated carbocycles. The Bertz CT molecular complexity index is 1000. The fourth-order valence-electron chi connectivity index (χ4n) is 4.32. The van der Waals surface area contributed by atoms with E-state index in [-0.39, 0.29) is 0 Å². The molecule has 5 nitrogen and oxygen atoms in total. The summed E-state index contributed by atoms with van der Waals surface area (Å²) in [7, 11) is 0. The number of morpholine rings is 1. The van der Waals surface area contributed by atoms with Crippen LogP contribution in [-0.2, 0) is 24.1 Å². The second kappa shape index (κ2) is 7.43. The van der Waals surface area contributed by atoms with E-state index in [1.54, 1.807) is 0 Å². The molecule has 146 valence electrons. The summed E-state index contributed by atoms with van der Waals surface area (Å²) in [6.45, 7) is 8.68. The van der Waals surface area contributed by atoms with Crippen LogP contribution in [0.5, 0.6) is 11.6 Å². The minimum Gasteiger partial charge on any atom is -0.438 e. The lowest BCUT2D eigenvalue weighted by Gasteiger charge is -2.23. The maximum atomic E-state index is 6.39. The fraction of sp³-hybridized carbons (Fsp3) is 0.455. The van der Waals surface area contributed by atoms with E-state index in [2.05, 4.69) is 32.0 Å². The maximum absolute atomic E-state index is 6.39. The van der Waals surface area contributed by atoms with Crippen LogP contribution in [-0.4, -0.2) is 36.3 Å². The monoisotopic (exact) mass is 396 g/mol.